The molecule has 8 aliphatic rings. The van der Waals surface area contributed by atoms with Crippen LogP contribution in [-0.4, -0.2) is 14.4 Å². The molecule has 0 fully saturated rings. The van der Waals surface area contributed by atoms with E-state index in [9.17, 15) is 0 Å². The molecule has 4 heterocycles. The zero-order valence-corrected chi connectivity index (χ0v) is 36.9. The first kappa shape index (κ1) is 33.4. The van der Waals surface area contributed by atoms with Crippen molar-refractivity contribution in [2.45, 2.75) is 74.5 Å². The lowest BCUT2D eigenvalue weighted by molar-refractivity contribution is 0.331. The van der Waals surface area contributed by atoms with E-state index >= 15 is 0 Å². The van der Waals surface area contributed by atoms with Crippen molar-refractivity contribution in [1.29, 1.82) is 0 Å². The lowest BCUT2D eigenvalue weighted by Crippen LogP contribution is -2.52. The van der Waals surface area contributed by atoms with Crippen molar-refractivity contribution < 1.29 is 0 Å². The number of nitrogens with zero attached hydrogens (tertiary/aromatic N) is 3. The van der Waals surface area contributed by atoms with Gasteiger partial charge in [0.25, 0.3) is 0 Å². The highest BCUT2D eigenvalue weighted by molar-refractivity contribution is 6.31. The van der Waals surface area contributed by atoms with Gasteiger partial charge in [0.1, 0.15) is 0 Å². The van der Waals surface area contributed by atoms with Crippen LogP contribution in [0.5, 0.6) is 0 Å². The van der Waals surface area contributed by atoms with E-state index < -0.39 is 0 Å². The summed E-state index contributed by atoms with van der Waals surface area (Å²) in [4.78, 5) is 11.4. The smallest absolute Gasteiger partial charge is 0.0729 e. The van der Waals surface area contributed by atoms with Crippen LogP contribution in [0.1, 0.15) is 146 Å². The monoisotopic (exact) mass is 827 g/mol. The Kier molecular flexibility index (Phi) is 5.10. The molecule has 65 heavy (non-hydrogen) atoms. The Morgan fingerprint density at radius 2 is 0.985 bits per heavy atom. The van der Waals surface area contributed by atoms with Crippen molar-refractivity contribution in [2.24, 2.45) is 0 Å². The van der Waals surface area contributed by atoms with Gasteiger partial charge >= 0.3 is 0 Å². The topological polar surface area (TPSA) is 30.2 Å². The quantitative estimate of drug-likeness (QED) is 0.152. The first-order valence-corrected chi connectivity index (χ1v) is 23.8. The molecular weight excluding hydrogens is 787 g/mol. The number of pyridine rings is 2. The second kappa shape index (κ2) is 9.92. The molecule has 0 amide bonds. The molecule has 8 aliphatic carbocycles. The molecule has 0 saturated heterocycles. The van der Waals surface area contributed by atoms with Gasteiger partial charge in [-0.3, -0.25) is 9.97 Å². The zero-order valence-electron chi connectivity index (χ0n) is 36.9. The summed E-state index contributed by atoms with van der Waals surface area (Å²) in [6, 6.07) is 46.9. The summed E-state index contributed by atoms with van der Waals surface area (Å²) in [5.41, 5.74) is 30.5. The lowest BCUT2D eigenvalue weighted by Gasteiger charge is -2.58. The van der Waals surface area contributed by atoms with Gasteiger partial charge in [-0.1, -0.05) is 149 Å². The SMILES string of the molecule is Cc1cc2c3c4c(cccc14)C(C)(C)c1c-3c(c3c4c5c(ncc4n4c6cnc7c(c6c1c34)C1c3ccccc3C7c3ccccc31)C1c3ccccc3C13c1ccccc1C53)C2(C)C. The summed E-state index contributed by atoms with van der Waals surface area (Å²) >= 11 is 0. The van der Waals surface area contributed by atoms with Crippen LogP contribution < -0.4 is 0 Å². The maximum Gasteiger partial charge on any atom is 0.0729 e. The standard InChI is InChI=1S/C62H41N3/c1-28-25-39-45-44-29(28)21-14-24-38(44)60(2,3)55-49(45)56(61(39,4)5)52-47-41(27-64-58-50(47)53-34-19-10-12-22-36(34)62(53)37-23-13-11-20-35(37)54(58)62)65-40-26-63-57-43-32-17-8-6-15-30(32)42(31-16-7-9-18-33(31)43)48(57)46(40)51(55)59(52)65/h6-27,42-43,53-54H,1-5H3. The highest BCUT2D eigenvalue weighted by Crippen LogP contribution is 2.78. The molecule has 0 aliphatic heterocycles. The number of rotatable bonds is 0. The molecule has 2 bridgehead atoms. The van der Waals surface area contributed by atoms with E-state index in [-0.39, 0.29) is 39.9 Å². The third kappa shape index (κ3) is 3.06. The third-order valence-corrected chi connectivity index (χ3v) is 18.9. The van der Waals surface area contributed by atoms with Crippen molar-refractivity contribution in [1.82, 2.24) is 14.4 Å². The molecule has 19 rings (SSSR count). The molecule has 0 N–H and O–H groups in total. The van der Waals surface area contributed by atoms with Crippen molar-refractivity contribution in [3.63, 3.8) is 0 Å². The summed E-state index contributed by atoms with van der Waals surface area (Å²) in [7, 11) is 0. The zero-order chi connectivity index (χ0) is 42.5. The average molecular weight is 828 g/mol. The molecule has 3 atom stereocenters. The van der Waals surface area contributed by atoms with Crippen LogP contribution >= 0.6 is 0 Å². The van der Waals surface area contributed by atoms with Crippen LogP contribution in [0.25, 0.3) is 60.0 Å². The number of hydrogen-bond acceptors (Lipinski definition) is 2. The van der Waals surface area contributed by atoms with Crippen molar-refractivity contribution >= 4 is 48.9 Å². The van der Waals surface area contributed by atoms with Gasteiger partial charge < -0.3 is 4.40 Å². The van der Waals surface area contributed by atoms with Crippen molar-refractivity contribution in [3.05, 3.63) is 229 Å². The van der Waals surface area contributed by atoms with Gasteiger partial charge in [0, 0.05) is 55.5 Å². The van der Waals surface area contributed by atoms with Crippen LogP contribution in [0.2, 0.25) is 0 Å². The number of aryl methyl sites for hydroxylation is 1. The third-order valence-electron chi connectivity index (χ3n) is 18.9. The first-order valence-electron chi connectivity index (χ1n) is 23.8. The van der Waals surface area contributed by atoms with E-state index in [1.165, 1.54) is 155 Å². The van der Waals surface area contributed by atoms with Crippen LogP contribution in [0, 0.1) is 6.92 Å². The van der Waals surface area contributed by atoms with Crippen LogP contribution in [-0.2, 0) is 16.2 Å². The molecule has 3 nitrogen and oxygen atoms in total. The van der Waals surface area contributed by atoms with Gasteiger partial charge in [-0.25, -0.2) is 0 Å². The molecule has 4 aromatic heterocycles. The maximum absolute atomic E-state index is 5.72. The highest BCUT2D eigenvalue weighted by atomic mass is 15.0. The minimum Gasteiger partial charge on any atom is -0.305 e. The Balaban J connectivity index is 1.10. The van der Waals surface area contributed by atoms with E-state index in [4.69, 9.17) is 9.97 Å². The molecule has 304 valence electrons. The maximum atomic E-state index is 5.72. The van der Waals surface area contributed by atoms with E-state index in [1.54, 1.807) is 0 Å². The minimum absolute atomic E-state index is 0.0754. The second-order valence-electron chi connectivity index (χ2n) is 21.8. The number of benzene rings is 7. The fourth-order valence-corrected chi connectivity index (χ4v) is 16.8. The molecule has 3 unspecified atom stereocenters. The number of aromatic nitrogens is 3. The molecule has 0 saturated carbocycles. The van der Waals surface area contributed by atoms with Gasteiger partial charge in [-0.15, -0.1) is 0 Å². The number of fused-ring (bicyclic) bond motifs is 16. The predicted octanol–water partition coefficient (Wildman–Crippen LogP) is 13.9. The average Bonchev–Trinajstić information content (AvgIpc) is 3.97. The highest BCUT2D eigenvalue weighted by Gasteiger charge is 2.70. The van der Waals surface area contributed by atoms with E-state index in [2.05, 4.69) is 173 Å². The van der Waals surface area contributed by atoms with Crippen LogP contribution in [0.3, 0.4) is 0 Å². The molecular formula is C62H41N3. The van der Waals surface area contributed by atoms with Crippen LogP contribution in [0.4, 0.5) is 0 Å². The summed E-state index contributed by atoms with van der Waals surface area (Å²) < 4.78 is 2.67. The summed E-state index contributed by atoms with van der Waals surface area (Å²) in [6.45, 7) is 12.5. The van der Waals surface area contributed by atoms with Crippen molar-refractivity contribution in [2.75, 3.05) is 0 Å². The largest absolute Gasteiger partial charge is 0.305 e. The molecule has 0 radical (unpaired) electrons. The lowest BCUT2D eigenvalue weighted by atomic mass is 9.43. The fourth-order valence-electron chi connectivity index (χ4n) is 16.8. The molecule has 11 aromatic rings. The second-order valence-corrected chi connectivity index (χ2v) is 21.8. The van der Waals surface area contributed by atoms with Gasteiger partial charge in [-0.2, -0.15) is 0 Å². The Hall–Kier alpha value is -7.10. The predicted molar refractivity (Wildman–Crippen MR) is 261 cm³/mol. The summed E-state index contributed by atoms with van der Waals surface area (Å²) in [5, 5.41) is 8.56. The van der Waals surface area contributed by atoms with Crippen LogP contribution in [0.15, 0.2) is 134 Å². The van der Waals surface area contributed by atoms with Gasteiger partial charge in [0.2, 0.25) is 0 Å². The van der Waals surface area contributed by atoms with Gasteiger partial charge in [0.05, 0.1) is 46.2 Å². The Morgan fingerprint density at radius 1 is 0.462 bits per heavy atom. The summed E-state index contributed by atoms with van der Waals surface area (Å²) in [5.74, 6) is 0.688. The molecule has 7 aromatic carbocycles. The van der Waals surface area contributed by atoms with E-state index in [0.29, 0.717) is 0 Å². The number of hydrogen-bond donors (Lipinski definition) is 0. The summed E-state index contributed by atoms with van der Waals surface area (Å²) in [6.07, 6.45) is 4.56. The Labute approximate surface area is 375 Å². The van der Waals surface area contributed by atoms with Gasteiger partial charge in [0.15, 0.2) is 0 Å². The van der Waals surface area contributed by atoms with Crippen molar-refractivity contribution in [3.8, 4) is 11.1 Å². The molecule has 3 heteroatoms. The van der Waals surface area contributed by atoms with E-state index in [0.717, 1.165) is 0 Å². The Morgan fingerprint density at radius 3 is 1.63 bits per heavy atom. The normalized spacial score (nSPS) is 23.8. The first-order chi connectivity index (χ1) is 31.8. The Bertz CT molecular complexity index is 4190. The fraction of sp³-hybridized carbons (Fsp3) is 0.194. The van der Waals surface area contributed by atoms with Gasteiger partial charge in [-0.05, 0) is 112 Å². The van der Waals surface area contributed by atoms with E-state index in [1.807, 2.05) is 0 Å². The molecule has 1 spiro atoms. The minimum atomic E-state index is -0.286.